The fourth-order valence-corrected chi connectivity index (χ4v) is 4.55. The van der Waals surface area contributed by atoms with Gasteiger partial charge in [0.1, 0.15) is 11.9 Å². The highest BCUT2D eigenvalue weighted by Gasteiger charge is 2.25. The maximum atomic E-state index is 14.8. The van der Waals surface area contributed by atoms with Crippen LogP contribution in [-0.2, 0) is 18.9 Å². The van der Waals surface area contributed by atoms with Crippen LogP contribution in [0.3, 0.4) is 0 Å². The van der Waals surface area contributed by atoms with Crippen molar-refractivity contribution < 1.29 is 13.6 Å². The highest BCUT2D eigenvalue weighted by atomic mass is 19.1. The lowest BCUT2D eigenvalue weighted by Gasteiger charge is -2.24. The first-order valence-electron chi connectivity index (χ1n) is 11.5. The SMILES string of the molecule is CC(C(=O)Nc1nnc(-c2ccc(N3CCC[C@@H]3C)c(F)c2)o1)n1cnc2c1c(=O)n(C)c(=O)n2C. The Balaban J connectivity index is 1.36. The molecule has 1 aliphatic rings. The third kappa shape index (κ3) is 3.76. The van der Waals surface area contributed by atoms with Crippen molar-refractivity contribution in [2.75, 3.05) is 16.8 Å². The zero-order chi connectivity index (χ0) is 25.7. The molecule has 1 unspecified atom stereocenters. The van der Waals surface area contributed by atoms with Crippen molar-refractivity contribution in [3.05, 3.63) is 51.2 Å². The van der Waals surface area contributed by atoms with Gasteiger partial charge in [-0.2, -0.15) is 0 Å². The Hall–Kier alpha value is -4.29. The van der Waals surface area contributed by atoms with Crippen molar-refractivity contribution in [3.8, 4) is 11.5 Å². The number of aromatic nitrogens is 6. The number of fused-ring (bicyclic) bond motifs is 1. The molecular weight excluding hydrogens is 471 g/mol. The van der Waals surface area contributed by atoms with Gasteiger partial charge in [0, 0.05) is 32.2 Å². The van der Waals surface area contributed by atoms with E-state index < -0.39 is 23.2 Å². The second-order valence-corrected chi connectivity index (χ2v) is 8.96. The zero-order valence-electron chi connectivity index (χ0n) is 20.2. The number of hydrogen-bond acceptors (Lipinski definition) is 8. The van der Waals surface area contributed by atoms with Gasteiger partial charge in [0.15, 0.2) is 11.2 Å². The molecule has 13 heteroatoms. The summed E-state index contributed by atoms with van der Waals surface area (Å²) in [6.45, 7) is 4.44. The van der Waals surface area contributed by atoms with E-state index in [1.165, 1.54) is 35.6 Å². The Morgan fingerprint density at radius 2 is 2.00 bits per heavy atom. The highest BCUT2D eigenvalue weighted by molar-refractivity contribution is 5.92. The number of nitrogens with one attached hydrogen (secondary N) is 1. The van der Waals surface area contributed by atoms with Gasteiger partial charge < -0.3 is 13.9 Å². The number of nitrogens with zero attached hydrogens (tertiary/aromatic N) is 7. The molecule has 1 amide bonds. The first kappa shape index (κ1) is 23.5. The fraction of sp³-hybridized carbons (Fsp3) is 0.391. The van der Waals surface area contributed by atoms with Gasteiger partial charge in [-0.3, -0.25) is 24.0 Å². The maximum Gasteiger partial charge on any atom is 0.332 e. The third-order valence-corrected chi connectivity index (χ3v) is 6.68. The Morgan fingerprint density at radius 1 is 1.22 bits per heavy atom. The monoisotopic (exact) mass is 496 g/mol. The number of hydrogen-bond donors (Lipinski definition) is 1. The molecule has 3 aromatic heterocycles. The third-order valence-electron chi connectivity index (χ3n) is 6.68. The topological polar surface area (TPSA) is 133 Å². The van der Waals surface area contributed by atoms with Crippen LogP contribution in [0.15, 0.2) is 38.5 Å². The predicted octanol–water partition coefficient (Wildman–Crippen LogP) is 1.81. The lowest BCUT2D eigenvalue weighted by molar-refractivity contribution is -0.118. The summed E-state index contributed by atoms with van der Waals surface area (Å²) in [7, 11) is 2.85. The number of carbonyl (C=O) groups excluding carboxylic acids is 1. The van der Waals surface area contributed by atoms with Crippen LogP contribution in [-0.4, -0.2) is 47.4 Å². The van der Waals surface area contributed by atoms with Crippen molar-refractivity contribution in [3.63, 3.8) is 0 Å². The van der Waals surface area contributed by atoms with Crippen molar-refractivity contribution in [2.45, 2.75) is 38.8 Å². The maximum absolute atomic E-state index is 14.8. The van der Waals surface area contributed by atoms with Gasteiger partial charge in [-0.05, 0) is 44.9 Å². The zero-order valence-corrected chi connectivity index (χ0v) is 20.2. The molecule has 12 nitrogen and oxygen atoms in total. The molecule has 0 spiro atoms. The van der Waals surface area contributed by atoms with E-state index in [1.807, 2.05) is 4.90 Å². The molecule has 188 valence electrons. The summed E-state index contributed by atoms with van der Waals surface area (Å²) in [5.74, 6) is -0.888. The molecule has 4 aromatic rings. The van der Waals surface area contributed by atoms with Crippen LogP contribution in [0.2, 0.25) is 0 Å². The van der Waals surface area contributed by atoms with Crippen LogP contribution in [0.25, 0.3) is 22.6 Å². The number of imidazole rings is 1. The molecule has 1 aromatic carbocycles. The van der Waals surface area contributed by atoms with Crippen LogP contribution in [0.4, 0.5) is 16.1 Å². The summed E-state index contributed by atoms with van der Waals surface area (Å²) in [6, 6.07) is 3.92. The molecule has 0 aliphatic carbocycles. The average molecular weight is 497 g/mol. The largest absolute Gasteiger partial charge is 0.403 e. The standard InChI is InChI=1S/C23H25FN8O4/c1-12-6-5-9-31(12)16-8-7-14(10-15(16)24)20-27-28-22(36-20)26-19(33)13(2)32-11-25-18-17(32)21(34)30(4)23(35)29(18)3/h7-8,10-13H,5-6,9H2,1-4H3,(H,26,28,33)/t12-,13?/m0/s1. The summed E-state index contributed by atoms with van der Waals surface area (Å²) in [5.41, 5.74) is 0.0933. The molecule has 5 rings (SSSR count). The molecule has 36 heavy (non-hydrogen) atoms. The van der Waals surface area contributed by atoms with Crippen LogP contribution >= 0.6 is 0 Å². The Labute approximate surface area is 204 Å². The van der Waals surface area contributed by atoms with Crippen LogP contribution < -0.4 is 21.5 Å². The molecule has 1 aliphatic heterocycles. The van der Waals surface area contributed by atoms with E-state index in [0.29, 0.717) is 11.3 Å². The number of carbonyl (C=O) groups is 1. The average Bonchev–Trinajstić information content (AvgIpc) is 3.61. The molecule has 4 heterocycles. The minimum absolute atomic E-state index is 0.0508. The predicted molar refractivity (Wildman–Crippen MR) is 129 cm³/mol. The lowest BCUT2D eigenvalue weighted by atomic mass is 10.1. The number of amides is 1. The minimum atomic E-state index is -0.894. The molecule has 2 atom stereocenters. The van der Waals surface area contributed by atoms with Gasteiger partial charge in [0.05, 0.1) is 12.0 Å². The van der Waals surface area contributed by atoms with E-state index in [2.05, 4.69) is 27.4 Å². The van der Waals surface area contributed by atoms with E-state index in [9.17, 15) is 18.8 Å². The quantitative estimate of drug-likeness (QED) is 0.442. The van der Waals surface area contributed by atoms with Gasteiger partial charge in [0.25, 0.3) is 11.5 Å². The summed E-state index contributed by atoms with van der Waals surface area (Å²) in [6.07, 6.45) is 3.36. The van der Waals surface area contributed by atoms with E-state index in [-0.39, 0.29) is 34.9 Å². The van der Waals surface area contributed by atoms with Gasteiger partial charge in [-0.1, -0.05) is 5.10 Å². The molecule has 1 N–H and O–H groups in total. The number of aryl methyl sites for hydroxylation is 1. The summed E-state index contributed by atoms with van der Waals surface area (Å²) in [4.78, 5) is 43.9. The van der Waals surface area contributed by atoms with Crippen molar-refractivity contribution in [1.82, 2.24) is 28.9 Å². The first-order valence-corrected chi connectivity index (χ1v) is 11.5. The van der Waals surface area contributed by atoms with Gasteiger partial charge >= 0.3 is 11.7 Å². The van der Waals surface area contributed by atoms with Crippen LogP contribution in [0.5, 0.6) is 0 Å². The number of benzene rings is 1. The second kappa shape index (κ2) is 8.73. The van der Waals surface area contributed by atoms with E-state index in [4.69, 9.17) is 4.42 Å². The molecule has 0 radical (unpaired) electrons. The van der Waals surface area contributed by atoms with Crippen molar-refractivity contribution in [2.24, 2.45) is 14.1 Å². The molecule has 0 bridgehead atoms. The first-order chi connectivity index (χ1) is 17.2. The van der Waals surface area contributed by atoms with Crippen LogP contribution in [0, 0.1) is 5.82 Å². The smallest absolute Gasteiger partial charge is 0.332 e. The molecular formula is C23H25FN8O4. The fourth-order valence-electron chi connectivity index (χ4n) is 4.55. The van der Waals surface area contributed by atoms with Crippen LogP contribution in [0.1, 0.15) is 32.7 Å². The van der Waals surface area contributed by atoms with Gasteiger partial charge in [-0.15, -0.1) is 5.10 Å². The minimum Gasteiger partial charge on any atom is -0.403 e. The Bertz CT molecular complexity index is 1600. The molecule has 1 fully saturated rings. The van der Waals surface area contributed by atoms with Crippen molar-refractivity contribution in [1.29, 1.82) is 0 Å². The second-order valence-electron chi connectivity index (χ2n) is 8.96. The summed E-state index contributed by atoms with van der Waals surface area (Å²) >= 11 is 0. The highest BCUT2D eigenvalue weighted by Crippen LogP contribution is 2.31. The summed E-state index contributed by atoms with van der Waals surface area (Å²) < 4.78 is 23.9. The van der Waals surface area contributed by atoms with E-state index >= 15 is 0 Å². The van der Waals surface area contributed by atoms with E-state index in [1.54, 1.807) is 19.1 Å². The Morgan fingerprint density at radius 3 is 2.69 bits per heavy atom. The Kier molecular flexibility index (Phi) is 5.69. The van der Waals surface area contributed by atoms with E-state index in [0.717, 1.165) is 24.0 Å². The normalized spacial score (nSPS) is 16.6. The van der Waals surface area contributed by atoms with Crippen molar-refractivity contribution >= 4 is 28.8 Å². The van der Waals surface area contributed by atoms with Gasteiger partial charge in [-0.25, -0.2) is 14.2 Å². The summed E-state index contributed by atoms with van der Waals surface area (Å²) in [5, 5.41) is 10.3. The number of rotatable bonds is 5. The lowest BCUT2D eigenvalue weighted by Crippen LogP contribution is -2.38. The number of anilines is 2. The molecule has 1 saturated heterocycles. The number of halogens is 1. The van der Waals surface area contributed by atoms with Gasteiger partial charge in [0.2, 0.25) is 5.89 Å². The molecule has 0 saturated carbocycles.